The molecule has 0 rings (SSSR count). The average Bonchev–Trinajstić information content (AvgIpc) is 3.14. The number of rotatable bonds is 39. The van der Waals surface area contributed by atoms with Crippen molar-refractivity contribution in [1.82, 2.24) is 0 Å². The summed E-state index contributed by atoms with van der Waals surface area (Å²) in [6.45, 7) is 3.66. The van der Waals surface area contributed by atoms with Crippen molar-refractivity contribution in [2.45, 2.75) is 187 Å². The molecule has 10 heteroatoms. The minimum absolute atomic E-state index is 0.0472. The Hall–Kier alpha value is -2.03. The topological polar surface area (TPSA) is 134 Å². The maximum atomic E-state index is 12.6. The SMILES string of the molecule is CCCCC/C=C/C/C=C/C/C=C/C/C=C/CCCCCC(=O)O[C@H](COC(=O)CCCCCCCCCCCCCCC)COP(=O)(O)OCCN. The van der Waals surface area contributed by atoms with Gasteiger partial charge in [0.05, 0.1) is 13.2 Å². The van der Waals surface area contributed by atoms with Crippen molar-refractivity contribution in [3.63, 3.8) is 0 Å². The molecule has 2 atom stereocenters. The maximum absolute atomic E-state index is 12.6. The van der Waals surface area contributed by atoms with Gasteiger partial charge in [-0.1, -0.05) is 159 Å². The highest BCUT2D eigenvalue weighted by Crippen LogP contribution is 2.43. The second kappa shape index (κ2) is 39.7. The van der Waals surface area contributed by atoms with Crippen LogP contribution in [-0.2, 0) is 32.7 Å². The molecule has 0 radical (unpaired) electrons. The number of hydrogen-bond donors (Lipinski definition) is 2. The third-order valence-corrected chi connectivity index (χ3v) is 9.70. The van der Waals surface area contributed by atoms with Crippen LogP contribution >= 0.6 is 7.82 Å². The second-order valence-electron chi connectivity index (χ2n) is 13.9. The molecule has 0 heterocycles. The van der Waals surface area contributed by atoms with Crippen LogP contribution in [0.5, 0.6) is 0 Å². The lowest BCUT2D eigenvalue weighted by Crippen LogP contribution is -2.29. The molecule has 3 N–H and O–H groups in total. The summed E-state index contributed by atoms with van der Waals surface area (Å²) in [6, 6.07) is 0. The number of unbranched alkanes of at least 4 members (excludes halogenated alkanes) is 18. The van der Waals surface area contributed by atoms with Crippen LogP contribution < -0.4 is 5.73 Å². The van der Waals surface area contributed by atoms with Gasteiger partial charge in [0.1, 0.15) is 6.61 Å². The molecule has 0 amide bonds. The van der Waals surface area contributed by atoms with Crippen molar-refractivity contribution in [2.75, 3.05) is 26.4 Å². The quantitative estimate of drug-likeness (QED) is 0.0271. The summed E-state index contributed by atoms with van der Waals surface area (Å²) in [7, 11) is -4.38. The fourth-order valence-corrected chi connectivity index (χ4v) is 6.32. The minimum Gasteiger partial charge on any atom is -0.462 e. The third kappa shape index (κ3) is 39.5. The van der Waals surface area contributed by atoms with Crippen LogP contribution in [0.3, 0.4) is 0 Å². The molecule has 0 aliphatic rings. The van der Waals surface area contributed by atoms with Crippen LogP contribution in [0.2, 0.25) is 0 Å². The van der Waals surface area contributed by atoms with Gasteiger partial charge >= 0.3 is 19.8 Å². The number of ether oxygens (including phenoxy) is 2. The van der Waals surface area contributed by atoms with Gasteiger partial charge < -0.3 is 20.1 Å². The zero-order valence-electron chi connectivity index (χ0n) is 33.7. The first-order valence-electron chi connectivity index (χ1n) is 21.1. The molecule has 0 aliphatic heterocycles. The lowest BCUT2D eigenvalue weighted by Gasteiger charge is -2.19. The summed E-state index contributed by atoms with van der Waals surface area (Å²) >= 11 is 0. The van der Waals surface area contributed by atoms with Gasteiger partial charge in [0, 0.05) is 19.4 Å². The van der Waals surface area contributed by atoms with Gasteiger partial charge in [0.25, 0.3) is 0 Å². The summed E-state index contributed by atoms with van der Waals surface area (Å²) in [6.07, 6.45) is 44.2. The number of esters is 2. The van der Waals surface area contributed by atoms with E-state index in [4.69, 9.17) is 24.3 Å². The molecule has 1 unspecified atom stereocenters. The van der Waals surface area contributed by atoms with Gasteiger partial charge in [0.2, 0.25) is 0 Å². The predicted molar refractivity (Wildman–Crippen MR) is 220 cm³/mol. The van der Waals surface area contributed by atoms with E-state index in [1.165, 1.54) is 89.9 Å². The van der Waals surface area contributed by atoms with Crippen LogP contribution in [0.15, 0.2) is 48.6 Å². The number of carbonyl (C=O) groups is 2. The molecule has 308 valence electrons. The van der Waals surface area contributed by atoms with Crippen LogP contribution in [-0.4, -0.2) is 49.3 Å². The normalized spacial score (nSPS) is 13.8. The van der Waals surface area contributed by atoms with Crippen LogP contribution in [0.1, 0.15) is 181 Å². The molecule has 0 fully saturated rings. The number of hydrogen-bond acceptors (Lipinski definition) is 8. The summed E-state index contributed by atoms with van der Waals surface area (Å²) in [5.74, 6) is -0.864. The van der Waals surface area contributed by atoms with Gasteiger partial charge in [-0.25, -0.2) is 4.57 Å². The predicted octanol–water partition coefficient (Wildman–Crippen LogP) is 11.9. The molecular formula is C43H78NO8P. The lowest BCUT2D eigenvalue weighted by molar-refractivity contribution is -0.161. The average molecular weight is 768 g/mol. The first kappa shape index (κ1) is 51.0. The molecule has 53 heavy (non-hydrogen) atoms. The number of phosphoric acid groups is 1. The highest BCUT2D eigenvalue weighted by molar-refractivity contribution is 7.47. The van der Waals surface area contributed by atoms with Gasteiger partial charge in [-0.2, -0.15) is 0 Å². The van der Waals surface area contributed by atoms with E-state index in [0.717, 1.165) is 57.8 Å². The first-order valence-corrected chi connectivity index (χ1v) is 22.6. The lowest BCUT2D eigenvalue weighted by atomic mass is 10.0. The second-order valence-corrected chi connectivity index (χ2v) is 15.3. The molecule has 0 bridgehead atoms. The Kier molecular flexibility index (Phi) is 38.1. The zero-order valence-corrected chi connectivity index (χ0v) is 34.6. The van der Waals surface area contributed by atoms with Crippen molar-refractivity contribution < 1.29 is 37.6 Å². The fourth-order valence-electron chi connectivity index (χ4n) is 5.56. The van der Waals surface area contributed by atoms with E-state index < -0.39 is 32.5 Å². The molecule has 0 aliphatic carbocycles. The molecule has 0 aromatic carbocycles. The third-order valence-electron chi connectivity index (χ3n) is 8.72. The largest absolute Gasteiger partial charge is 0.472 e. The van der Waals surface area contributed by atoms with Gasteiger partial charge in [0.15, 0.2) is 6.10 Å². The molecule has 0 aromatic rings. The Morgan fingerprint density at radius 1 is 0.566 bits per heavy atom. The first-order chi connectivity index (χ1) is 25.8. The standard InChI is InChI=1S/C43H78NO8P/c1-3-5-7-9-11-13-15-17-18-19-20-21-22-24-26-28-30-32-34-36-43(46)52-41(40-51-53(47,48)50-38-37-44)39-49-42(45)35-33-31-29-27-25-23-16-14-12-10-8-6-4-2/h11,13,17-18,20-21,24,26,41H,3-10,12,14-16,19,22-23,25,27-40,44H2,1-2H3,(H,47,48)/b13-11+,18-17+,21-20+,26-24+/t41-/m1/s1. The zero-order chi connectivity index (χ0) is 38.9. The summed E-state index contributed by atoms with van der Waals surface area (Å²) < 4.78 is 32.7. The minimum atomic E-state index is -4.38. The van der Waals surface area contributed by atoms with Crippen LogP contribution in [0.4, 0.5) is 0 Å². The summed E-state index contributed by atoms with van der Waals surface area (Å²) in [4.78, 5) is 34.8. The van der Waals surface area contributed by atoms with E-state index in [1.807, 2.05) is 0 Å². The number of allylic oxidation sites excluding steroid dienone is 8. The van der Waals surface area contributed by atoms with Crippen molar-refractivity contribution in [3.8, 4) is 0 Å². The molecule has 0 spiro atoms. The maximum Gasteiger partial charge on any atom is 0.472 e. The Labute approximate surface area is 324 Å². The molecule has 0 saturated carbocycles. The van der Waals surface area contributed by atoms with E-state index in [2.05, 4.69) is 62.5 Å². The van der Waals surface area contributed by atoms with Crippen molar-refractivity contribution in [1.29, 1.82) is 0 Å². The molecule has 9 nitrogen and oxygen atoms in total. The summed E-state index contributed by atoms with van der Waals surface area (Å²) in [5.41, 5.74) is 5.34. The monoisotopic (exact) mass is 768 g/mol. The van der Waals surface area contributed by atoms with E-state index in [0.29, 0.717) is 6.42 Å². The molecule has 0 aromatic heterocycles. The molecular weight excluding hydrogens is 689 g/mol. The smallest absolute Gasteiger partial charge is 0.462 e. The van der Waals surface area contributed by atoms with E-state index in [-0.39, 0.29) is 32.6 Å². The van der Waals surface area contributed by atoms with Gasteiger partial charge in [-0.15, -0.1) is 0 Å². The highest BCUT2D eigenvalue weighted by atomic mass is 31.2. The number of carbonyl (C=O) groups excluding carboxylic acids is 2. The Morgan fingerprint density at radius 3 is 1.49 bits per heavy atom. The van der Waals surface area contributed by atoms with E-state index >= 15 is 0 Å². The Morgan fingerprint density at radius 2 is 0.981 bits per heavy atom. The van der Waals surface area contributed by atoms with Crippen LogP contribution in [0.25, 0.3) is 0 Å². The van der Waals surface area contributed by atoms with Crippen LogP contribution in [0, 0.1) is 0 Å². The fraction of sp³-hybridized carbons (Fsp3) is 0.767. The Balaban J connectivity index is 4.24. The molecule has 0 saturated heterocycles. The van der Waals surface area contributed by atoms with Gasteiger partial charge in [-0.3, -0.25) is 18.6 Å². The summed E-state index contributed by atoms with van der Waals surface area (Å²) in [5, 5.41) is 0. The van der Waals surface area contributed by atoms with E-state index in [1.54, 1.807) is 0 Å². The van der Waals surface area contributed by atoms with Crippen molar-refractivity contribution in [3.05, 3.63) is 48.6 Å². The van der Waals surface area contributed by atoms with E-state index in [9.17, 15) is 19.0 Å². The Bertz CT molecular complexity index is 1010. The van der Waals surface area contributed by atoms with Crippen molar-refractivity contribution >= 4 is 19.8 Å². The number of phosphoric ester groups is 1. The van der Waals surface area contributed by atoms with Crippen molar-refractivity contribution in [2.24, 2.45) is 5.73 Å². The number of nitrogens with two attached hydrogens (primary N) is 1. The highest BCUT2D eigenvalue weighted by Gasteiger charge is 2.26. The van der Waals surface area contributed by atoms with Gasteiger partial charge in [-0.05, 0) is 57.8 Å².